The van der Waals surface area contributed by atoms with Crippen LogP contribution in [0.5, 0.6) is 0 Å². The van der Waals surface area contributed by atoms with Gasteiger partial charge in [0.25, 0.3) is 5.91 Å². The van der Waals surface area contributed by atoms with E-state index in [1.807, 2.05) is 24.3 Å². The van der Waals surface area contributed by atoms with Crippen LogP contribution in [-0.2, 0) is 9.53 Å². The molecule has 1 aliphatic heterocycles. The van der Waals surface area contributed by atoms with Crippen LogP contribution in [0.2, 0.25) is 0 Å². The van der Waals surface area contributed by atoms with Gasteiger partial charge in [0, 0.05) is 0 Å². The van der Waals surface area contributed by atoms with Crippen molar-refractivity contribution in [3.63, 3.8) is 0 Å². The maximum Gasteiger partial charge on any atom is 0.329 e. The van der Waals surface area contributed by atoms with Crippen molar-refractivity contribution in [1.82, 2.24) is 9.55 Å². The molecule has 1 aromatic carbocycles. The molecule has 1 atom stereocenters. The second kappa shape index (κ2) is 3.59. The molecule has 0 fully saturated rings. The van der Waals surface area contributed by atoms with Gasteiger partial charge in [-0.15, -0.1) is 0 Å². The Morgan fingerprint density at radius 3 is 3.00 bits per heavy atom. The van der Waals surface area contributed by atoms with E-state index >= 15 is 0 Å². The Morgan fingerprint density at radius 2 is 2.24 bits per heavy atom. The minimum atomic E-state index is -0.827. The van der Waals surface area contributed by atoms with Crippen molar-refractivity contribution in [1.29, 1.82) is 0 Å². The Labute approximate surface area is 101 Å². The molecule has 0 unspecified atom stereocenters. The fourth-order valence-electron chi connectivity index (χ4n) is 1.82. The monoisotopic (exact) mass is 248 g/mol. The lowest BCUT2D eigenvalue weighted by atomic mass is 10.3. The summed E-state index contributed by atoms with van der Waals surface area (Å²) < 4.78 is 6.07. The second-order valence-corrected chi connectivity index (χ2v) is 4.65. The number of esters is 1. The zero-order valence-electron chi connectivity index (χ0n) is 8.91. The number of nitrogens with zero attached hydrogens (tertiary/aromatic N) is 2. The standard InChI is InChI=1S/C11H8N2O3S/c1-16-10(15)8-9(14)13-7-5-3-2-4-6(7)12-11(13)17-8/h2-5,8H,1H3/t8-/m1/s1. The third kappa shape index (κ3) is 1.37. The van der Waals surface area contributed by atoms with E-state index in [0.29, 0.717) is 5.16 Å². The largest absolute Gasteiger partial charge is 0.468 e. The Morgan fingerprint density at radius 1 is 1.47 bits per heavy atom. The third-order valence-electron chi connectivity index (χ3n) is 2.61. The molecule has 0 radical (unpaired) electrons. The van der Waals surface area contributed by atoms with Gasteiger partial charge in [-0.05, 0) is 12.1 Å². The number of rotatable bonds is 1. The van der Waals surface area contributed by atoms with Crippen LogP contribution in [0.3, 0.4) is 0 Å². The molecule has 0 spiro atoms. The number of para-hydroxylation sites is 2. The van der Waals surface area contributed by atoms with Gasteiger partial charge in [0.1, 0.15) is 0 Å². The molecule has 0 N–H and O–H groups in total. The second-order valence-electron chi connectivity index (χ2n) is 3.58. The average molecular weight is 248 g/mol. The highest BCUT2D eigenvalue weighted by atomic mass is 32.2. The topological polar surface area (TPSA) is 61.2 Å². The van der Waals surface area contributed by atoms with E-state index in [1.54, 1.807) is 0 Å². The minimum Gasteiger partial charge on any atom is -0.468 e. The number of imidazole rings is 1. The van der Waals surface area contributed by atoms with E-state index in [4.69, 9.17) is 0 Å². The first-order valence-electron chi connectivity index (χ1n) is 4.98. The lowest BCUT2D eigenvalue weighted by molar-refractivity contribution is -0.139. The molecule has 1 aliphatic rings. The molecule has 6 heteroatoms. The number of methoxy groups -OCH3 is 1. The van der Waals surface area contributed by atoms with Gasteiger partial charge < -0.3 is 4.74 Å². The summed E-state index contributed by atoms with van der Waals surface area (Å²) in [5.74, 6) is -0.819. The molecule has 0 aliphatic carbocycles. The summed E-state index contributed by atoms with van der Waals surface area (Å²) in [5, 5.41) is -0.279. The Hall–Kier alpha value is -1.82. The Balaban J connectivity index is 2.13. The first-order chi connectivity index (χ1) is 8.22. The van der Waals surface area contributed by atoms with Gasteiger partial charge in [-0.1, -0.05) is 23.9 Å². The first-order valence-corrected chi connectivity index (χ1v) is 5.86. The number of carbonyl (C=O) groups excluding carboxylic acids is 2. The molecule has 0 amide bonds. The maximum atomic E-state index is 12.1. The Kier molecular flexibility index (Phi) is 2.19. The zero-order valence-corrected chi connectivity index (χ0v) is 9.73. The van der Waals surface area contributed by atoms with E-state index in [2.05, 4.69) is 9.72 Å². The molecule has 3 rings (SSSR count). The van der Waals surface area contributed by atoms with E-state index in [9.17, 15) is 9.59 Å². The van der Waals surface area contributed by atoms with Crippen LogP contribution in [0, 0.1) is 0 Å². The van der Waals surface area contributed by atoms with Crippen LogP contribution in [-0.4, -0.2) is 33.8 Å². The van der Waals surface area contributed by atoms with Gasteiger partial charge in [0.15, 0.2) is 10.4 Å². The molecular weight excluding hydrogens is 240 g/mol. The maximum absolute atomic E-state index is 12.1. The van der Waals surface area contributed by atoms with Crippen LogP contribution in [0.15, 0.2) is 29.4 Å². The molecule has 2 aromatic rings. The van der Waals surface area contributed by atoms with E-state index in [0.717, 1.165) is 22.8 Å². The summed E-state index contributed by atoms with van der Waals surface area (Å²) in [5.41, 5.74) is 1.48. The normalized spacial score (nSPS) is 18.4. The number of hydrogen-bond donors (Lipinski definition) is 0. The SMILES string of the molecule is COC(=O)[C@@H]1Sc2nc3ccccc3n2C1=O. The molecule has 86 valence electrons. The third-order valence-corrected chi connectivity index (χ3v) is 3.73. The summed E-state index contributed by atoms with van der Waals surface area (Å²) in [4.78, 5) is 27.8. The van der Waals surface area contributed by atoms with Gasteiger partial charge in [0.2, 0.25) is 0 Å². The van der Waals surface area contributed by atoms with Crippen molar-refractivity contribution in [3.05, 3.63) is 24.3 Å². The molecule has 5 nitrogen and oxygen atoms in total. The predicted molar refractivity (Wildman–Crippen MR) is 62.0 cm³/mol. The van der Waals surface area contributed by atoms with Gasteiger partial charge >= 0.3 is 5.97 Å². The smallest absolute Gasteiger partial charge is 0.329 e. The van der Waals surface area contributed by atoms with Crippen LogP contribution in [0.1, 0.15) is 4.79 Å². The number of thioether (sulfide) groups is 1. The number of aromatic nitrogens is 2. The Bertz CT molecular complexity index is 635. The van der Waals surface area contributed by atoms with Crippen molar-refractivity contribution < 1.29 is 14.3 Å². The van der Waals surface area contributed by atoms with Crippen molar-refractivity contribution in [3.8, 4) is 0 Å². The summed E-state index contributed by atoms with van der Waals surface area (Å²) in [6.45, 7) is 0. The lowest BCUT2D eigenvalue weighted by Crippen LogP contribution is -2.27. The van der Waals surface area contributed by atoms with Crippen molar-refractivity contribution in [2.75, 3.05) is 7.11 Å². The highest BCUT2D eigenvalue weighted by Gasteiger charge is 2.40. The van der Waals surface area contributed by atoms with Gasteiger partial charge in [-0.3, -0.25) is 14.2 Å². The van der Waals surface area contributed by atoms with Crippen LogP contribution >= 0.6 is 11.8 Å². The van der Waals surface area contributed by atoms with E-state index in [-0.39, 0.29) is 5.91 Å². The highest BCUT2D eigenvalue weighted by Crippen LogP contribution is 2.35. The van der Waals surface area contributed by atoms with Crippen molar-refractivity contribution >= 4 is 34.7 Å². The van der Waals surface area contributed by atoms with Gasteiger partial charge in [-0.2, -0.15) is 0 Å². The number of carbonyl (C=O) groups is 2. The quantitative estimate of drug-likeness (QED) is 0.562. The van der Waals surface area contributed by atoms with Gasteiger partial charge in [-0.25, -0.2) is 4.98 Å². The predicted octanol–water partition coefficient (Wildman–Crippen LogP) is 1.32. The fourth-order valence-corrected chi connectivity index (χ4v) is 2.88. The summed E-state index contributed by atoms with van der Waals surface area (Å²) >= 11 is 1.13. The van der Waals surface area contributed by atoms with E-state index < -0.39 is 11.2 Å². The zero-order chi connectivity index (χ0) is 12.0. The first kappa shape index (κ1) is 10.3. The average Bonchev–Trinajstić information content (AvgIpc) is 2.85. The molecule has 1 aromatic heterocycles. The van der Waals surface area contributed by atoms with Crippen molar-refractivity contribution in [2.45, 2.75) is 10.4 Å². The summed E-state index contributed by atoms with van der Waals surface area (Å²) in [6, 6.07) is 7.34. The lowest BCUT2D eigenvalue weighted by Gasteiger charge is -2.03. The van der Waals surface area contributed by atoms with Crippen molar-refractivity contribution in [2.24, 2.45) is 0 Å². The number of fused-ring (bicyclic) bond motifs is 3. The number of benzene rings is 1. The molecule has 17 heavy (non-hydrogen) atoms. The molecule has 0 saturated heterocycles. The number of hydrogen-bond acceptors (Lipinski definition) is 5. The number of ether oxygens (including phenoxy) is 1. The van der Waals surface area contributed by atoms with Crippen LogP contribution < -0.4 is 0 Å². The molecular formula is C11H8N2O3S. The highest BCUT2D eigenvalue weighted by molar-refractivity contribution is 8.01. The summed E-state index contributed by atoms with van der Waals surface area (Å²) in [6.07, 6.45) is 0. The molecule has 0 bridgehead atoms. The fraction of sp³-hybridized carbons (Fsp3) is 0.182. The van der Waals surface area contributed by atoms with Gasteiger partial charge in [0.05, 0.1) is 18.1 Å². The van der Waals surface area contributed by atoms with Crippen LogP contribution in [0.25, 0.3) is 11.0 Å². The molecule has 2 heterocycles. The summed E-state index contributed by atoms with van der Waals surface area (Å²) in [7, 11) is 1.27. The molecule has 0 saturated carbocycles. The minimum absolute atomic E-state index is 0.287. The van der Waals surface area contributed by atoms with Crippen LogP contribution in [0.4, 0.5) is 0 Å². The van der Waals surface area contributed by atoms with E-state index in [1.165, 1.54) is 11.7 Å².